The van der Waals surface area contributed by atoms with Crippen molar-refractivity contribution in [2.24, 2.45) is 0 Å². The molecule has 1 saturated heterocycles. The van der Waals surface area contributed by atoms with Crippen LogP contribution in [0.25, 0.3) is 0 Å². The molecule has 1 heterocycles. The minimum atomic E-state index is 0. The van der Waals surface area contributed by atoms with E-state index >= 15 is 0 Å². The van der Waals surface area contributed by atoms with Gasteiger partial charge in [-0.25, -0.2) is 0 Å². The Bertz CT molecular complexity index is 699. The molecule has 1 aliphatic heterocycles. The molecule has 0 spiro atoms. The molecule has 0 aliphatic carbocycles. The zero-order valence-electron chi connectivity index (χ0n) is 15.3. The van der Waals surface area contributed by atoms with Crippen LogP contribution in [-0.4, -0.2) is 41.9 Å². The largest absolute Gasteiger partial charge is 0.399 e. The summed E-state index contributed by atoms with van der Waals surface area (Å²) in [6, 6.07) is 18.5. The quantitative estimate of drug-likeness (QED) is 0.817. The van der Waals surface area contributed by atoms with Gasteiger partial charge in [0.05, 0.1) is 6.42 Å². The van der Waals surface area contributed by atoms with Crippen molar-refractivity contribution in [2.45, 2.75) is 31.8 Å². The molecule has 0 aromatic heterocycles. The summed E-state index contributed by atoms with van der Waals surface area (Å²) < 4.78 is 0. The van der Waals surface area contributed by atoms with Crippen molar-refractivity contribution in [2.75, 3.05) is 25.9 Å². The fourth-order valence-electron chi connectivity index (χ4n) is 3.51. The van der Waals surface area contributed by atoms with Gasteiger partial charge < -0.3 is 10.6 Å². The number of nitrogen functional groups attached to an aromatic ring is 1. The maximum Gasteiger partial charge on any atom is 0.226 e. The molecule has 2 aromatic rings. The Labute approximate surface area is 162 Å². The van der Waals surface area contributed by atoms with Crippen molar-refractivity contribution >= 4 is 24.0 Å². The van der Waals surface area contributed by atoms with E-state index in [1.54, 1.807) is 0 Å². The number of amides is 1. The highest BCUT2D eigenvalue weighted by Gasteiger charge is 2.25. The zero-order chi connectivity index (χ0) is 17.6. The summed E-state index contributed by atoms with van der Waals surface area (Å²) in [6.45, 7) is 3.07. The summed E-state index contributed by atoms with van der Waals surface area (Å²) in [5.41, 5.74) is 8.85. The van der Waals surface area contributed by atoms with Crippen molar-refractivity contribution in [1.29, 1.82) is 0 Å². The second-order valence-electron chi connectivity index (χ2n) is 6.92. The standard InChI is InChI=1S/C21H27N3O.ClH/c1-23(21(25)15-18-8-5-9-19(22)14-18)20-10-12-24(13-11-20)16-17-6-3-2-4-7-17;/h2-9,14,20H,10-13,15-16,22H2,1H3;1H. The molecule has 1 fully saturated rings. The maximum atomic E-state index is 12.6. The van der Waals surface area contributed by atoms with Crippen molar-refractivity contribution in [1.82, 2.24) is 9.80 Å². The Kier molecular flexibility index (Phi) is 7.49. The van der Waals surface area contributed by atoms with Gasteiger partial charge in [-0.1, -0.05) is 42.5 Å². The lowest BCUT2D eigenvalue weighted by atomic mass is 10.0. The molecule has 4 nitrogen and oxygen atoms in total. The van der Waals surface area contributed by atoms with Crippen LogP contribution in [0.4, 0.5) is 5.69 Å². The highest BCUT2D eigenvalue weighted by atomic mass is 35.5. The molecule has 1 amide bonds. The van der Waals surface area contributed by atoms with E-state index in [2.05, 4.69) is 35.2 Å². The summed E-state index contributed by atoms with van der Waals surface area (Å²) in [5, 5.41) is 0. The molecule has 26 heavy (non-hydrogen) atoms. The summed E-state index contributed by atoms with van der Waals surface area (Å²) in [4.78, 5) is 17.0. The third-order valence-electron chi connectivity index (χ3n) is 5.05. The van der Waals surface area contributed by atoms with Gasteiger partial charge in [-0.05, 0) is 36.1 Å². The number of likely N-dealkylation sites (N-methyl/N-ethyl adjacent to an activating group) is 1. The first-order chi connectivity index (χ1) is 12.1. The van der Waals surface area contributed by atoms with E-state index in [9.17, 15) is 4.79 Å². The van der Waals surface area contributed by atoms with Crippen LogP contribution in [0.5, 0.6) is 0 Å². The predicted octanol–water partition coefficient (Wildman–Crippen LogP) is 3.36. The third-order valence-corrected chi connectivity index (χ3v) is 5.05. The van der Waals surface area contributed by atoms with Gasteiger partial charge in [-0.3, -0.25) is 9.69 Å². The third kappa shape index (κ3) is 5.48. The smallest absolute Gasteiger partial charge is 0.226 e. The van der Waals surface area contributed by atoms with Crippen molar-refractivity contribution in [3.8, 4) is 0 Å². The first-order valence-corrected chi connectivity index (χ1v) is 8.98. The lowest BCUT2D eigenvalue weighted by molar-refractivity contribution is -0.132. The first kappa shape index (κ1) is 20.3. The molecule has 1 aliphatic rings. The predicted molar refractivity (Wildman–Crippen MR) is 109 cm³/mol. The summed E-state index contributed by atoms with van der Waals surface area (Å²) >= 11 is 0. The number of likely N-dealkylation sites (tertiary alicyclic amines) is 1. The van der Waals surface area contributed by atoms with E-state index in [1.807, 2.05) is 36.2 Å². The molecule has 0 bridgehead atoms. The summed E-state index contributed by atoms with van der Waals surface area (Å²) in [5.74, 6) is 0.173. The van der Waals surface area contributed by atoms with Crippen LogP contribution in [0, 0.1) is 0 Å². The minimum Gasteiger partial charge on any atom is -0.399 e. The molecule has 0 unspecified atom stereocenters. The number of halogens is 1. The average Bonchev–Trinajstić information content (AvgIpc) is 2.62. The van der Waals surface area contributed by atoms with Crippen LogP contribution in [-0.2, 0) is 17.8 Å². The van der Waals surface area contributed by atoms with Crippen molar-refractivity contribution < 1.29 is 4.79 Å². The number of hydrogen-bond donors (Lipinski definition) is 1. The average molecular weight is 374 g/mol. The topological polar surface area (TPSA) is 49.6 Å². The van der Waals surface area contributed by atoms with Crippen LogP contribution < -0.4 is 5.73 Å². The van der Waals surface area contributed by atoms with Gasteiger partial charge >= 0.3 is 0 Å². The molecular weight excluding hydrogens is 346 g/mol. The Balaban J connectivity index is 0.00000243. The van der Waals surface area contributed by atoms with Crippen LogP contribution in [0.1, 0.15) is 24.0 Å². The summed E-state index contributed by atoms with van der Waals surface area (Å²) in [6.07, 6.45) is 2.49. The normalized spacial score (nSPS) is 15.3. The molecule has 0 radical (unpaired) electrons. The Morgan fingerprint density at radius 2 is 1.73 bits per heavy atom. The van der Waals surface area contributed by atoms with Gasteiger partial charge in [0.15, 0.2) is 0 Å². The number of nitrogens with zero attached hydrogens (tertiary/aromatic N) is 2. The van der Waals surface area contributed by atoms with E-state index < -0.39 is 0 Å². The van der Waals surface area contributed by atoms with E-state index in [4.69, 9.17) is 5.73 Å². The van der Waals surface area contributed by atoms with Crippen LogP contribution in [0.3, 0.4) is 0 Å². The van der Waals surface area contributed by atoms with Gasteiger partial charge in [0.2, 0.25) is 5.91 Å². The van der Waals surface area contributed by atoms with E-state index in [-0.39, 0.29) is 18.3 Å². The number of anilines is 1. The molecule has 2 aromatic carbocycles. The minimum absolute atomic E-state index is 0. The number of benzene rings is 2. The second kappa shape index (κ2) is 9.60. The Morgan fingerprint density at radius 1 is 1.08 bits per heavy atom. The van der Waals surface area contributed by atoms with Crippen LogP contribution in [0.2, 0.25) is 0 Å². The summed E-state index contributed by atoms with van der Waals surface area (Å²) in [7, 11) is 1.94. The van der Waals surface area contributed by atoms with Gasteiger partial charge in [0, 0.05) is 38.4 Å². The molecule has 5 heteroatoms. The monoisotopic (exact) mass is 373 g/mol. The van der Waals surface area contributed by atoms with E-state index in [1.165, 1.54) is 5.56 Å². The van der Waals surface area contributed by atoms with Gasteiger partial charge in [0.25, 0.3) is 0 Å². The second-order valence-corrected chi connectivity index (χ2v) is 6.92. The number of carbonyl (C=O) groups is 1. The Hall–Kier alpha value is -2.04. The number of hydrogen-bond acceptors (Lipinski definition) is 3. The first-order valence-electron chi connectivity index (χ1n) is 8.98. The zero-order valence-corrected chi connectivity index (χ0v) is 16.1. The fourth-order valence-corrected chi connectivity index (χ4v) is 3.51. The van der Waals surface area contributed by atoms with Gasteiger partial charge in [-0.2, -0.15) is 0 Å². The van der Waals surface area contributed by atoms with Crippen molar-refractivity contribution in [3.05, 3.63) is 65.7 Å². The molecule has 2 N–H and O–H groups in total. The number of piperidine rings is 1. The van der Waals surface area contributed by atoms with Crippen LogP contribution in [0.15, 0.2) is 54.6 Å². The fraction of sp³-hybridized carbons (Fsp3) is 0.381. The number of rotatable bonds is 5. The SMILES string of the molecule is CN(C(=O)Cc1cccc(N)c1)C1CCN(Cc2ccccc2)CC1.Cl. The van der Waals surface area contributed by atoms with Gasteiger partial charge in [-0.15, -0.1) is 12.4 Å². The molecule has 0 atom stereocenters. The lowest BCUT2D eigenvalue weighted by Crippen LogP contribution is -2.45. The molecule has 140 valence electrons. The Morgan fingerprint density at radius 3 is 2.38 bits per heavy atom. The number of nitrogens with two attached hydrogens (primary N) is 1. The van der Waals surface area contributed by atoms with Crippen molar-refractivity contribution in [3.63, 3.8) is 0 Å². The van der Waals surface area contributed by atoms with E-state index in [0.717, 1.165) is 38.0 Å². The lowest BCUT2D eigenvalue weighted by Gasteiger charge is -2.37. The molecular formula is C21H28ClN3O. The van der Waals surface area contributed by atoms with E-state index in [0.29, 0.717) is 18.2 Å². The number of carbonyl (C=O) groups excluding carboxylic acids is 1. The molecule has 3 rings (SSSR count). The highest BCUT2D eigenvalue weighted by Crippen LogP contribution is 2.19. The van der Waals surface area contributed by atoms with Gasteiger partial charge in [0.1, 0.15) is 0 Å². The highest BCUT2D eigenvalue weighted by molar-refractivity contribution is 5.85. The van der Waals surface area contributed by atoms with Crippen LogP contribution >= 0.6 is 12.4 Å². The maximum absolute atomic E-state index is 12.6. The molecule has 0 saturated carbocycles.